The lowest BCUT2D eigenvalue weighted by atomic mass is 9.93. The summed E-state index contributed by atoms with van der Waals surface area (Å²) in [6.45, 7) is 3.30. The second-order valence-corrected chi connectivity index (χ2v) is 9.58. The number of amides is 2. The van der Waals surface area contributed by atoms with Crippen molar-refractivity contribution in [2.45, 2.75) is 20.4 Å². The van der Waals surface area contributed by atoms with E-state index >= 15 is 0 Å². The Bertz CT molecular complexity index is 1850. The van der Waals surface area contributed by atoms with Crippen molar-refractivity contribution in [3.8, 4) is 28.8 Å². The SMILES string of the molecule is CCOc1ccc(-c2nn(-c3ccccc3)cc2/C=C2/C(=O)N(Cc3ccc(F)cc3)C(=O)C(C#N)=C2C)cc1[N+](=O)[O-]. The number of nitriles is 1. The highest BCUT2D eigenvalue weighted by Gasteiger charge is 2.36. The van der Waals surface area contributed by atoms with Gasteiger partial charge in [-0.05, 0) is 67.5 Å². The highest BCUT2D eigenvalue weighted by Crippen LogP contribution is 2.36. The molecule has 11 heteroatoms. The van der Waals surface area contributed by atoms with Gasteiger partial charge in [-0.1, -0.05) is 30.3 Å². The van der Waals surface area contributed by atoms with E-state index in [0.29, 0.717) is 28.1 Å². The van der Waals surface area contributed by atoms with Gasteiger partial charge in [0.15, 0.2) is 5.75 Å². The van der Waals surface area contributed by atoms with Crippen LogP contribution in [0.15, 0.2) is 95.7 Å². The van der Waals surface area contributed by atoms with Crippen LogP contribution < -0.4 is 4.74 Å². The lowest BCUT2D eigenvalue weighted by Crippen LogP contribution is -2.42. The number of rotatable bonds is 8. The van der Waals surface area contributed by atoms with Gasteiger partial charge < -0.3 is 4.74 Å². The summed E-state index contributed by atoms with van der Waals surface area (Å²) in [6.07, 6.45) is 3.18. The zero-order valence-electron chi connectivity index (χ0n) is 23.2. The first kappa shape index (κ1) is 28.6. The maximum absolute atomic E-state index is 13.8. The Kier molecular flexibility index (Phi) is 7.94. The van der Waals surface area contributed by atoms with Gasteiger partial charge in [0.25, 0.3) is 11.8 Å². The molecule has 1 aromatic heterocycles. The summed E-state index contributed by atoms with van der Waals surface area (Å²) in [7, 11) is 0. The van der Waals surface area contributed by atoms with Gasteiger partial charge >= 0.3 is 5.69 Å². The molecule has 43 heavy (non-hydrogen) atoms. The van der Waals surface area contributed by atoms with Crippen molar-refractivity contribution < 1.29 is 23.6 Å². The van der Waals surface area contributed by atoms with Crippen molar-refractivity contribution in [2.75, 3.05) is 6.61 Å². The molecule has 0 unspecified atom stereocenters. The lowest BCUT2D eigenvalue weighted by Gasteiger charge is -2.27. The molecule has 3 aromatic carbocycles. The molecule has 4 aromatic rings. The van der Waals surface area contributed by atoms with E-state index < -0.39 is 22.6 Å². The number of imide groups is 1. The molecular formula is C32H24FN5O5. The van der Waals surface area contributed by atoms with E-state index in [-0.39, 0.29) is 41.3 Å². The molecule has 0 saturated heterocycles. The van der Waals surface area contributed by atoms with Crippen molar-refractivity contribution >= 4 is 23.6 Å². The molecule has 0 saturated carbocycles. The fourth-order valence-electron chi connectivity index (χ4n) is 4.72. The van der Waals surface area contributed by atoms with E-state index in [1.165, 1.54) is 49.4 Å². The minimum atomic E-state index is -0.756. The Hall–Kier alpha value is -5.89. The van der Waals surface area contributed by atoms with Crippen molar-refractivity contribution in [2.24, 2.45) is 0 Å². The fourth-order valence-corrected chi connectivity index (χ4v) is 4.72. The van der Waals surface area contributed by atoms with Gasteiger partial charge in [0.1, 0.15) is 23.2 Å². The minimum absolute atomic E-state index is 0.0764. The number of para-hydroxylation sites is 1. The van der Waals surface area contributed by atoms with Crippen LogP contribution in [-0.4, -0.2) is 38.0 Å². The third-order valence-electron chi connectivity index (χ3n) is 6.87. The van der Waals surface area contributed by atoms with E-state index in [1.54, 1.807) is 23.9 Å². The van der Waals surface area contributed by atoms with Gasteiger partial charge in [0.05, 0.1) is 23.8 Å². The predicted octanol–water partition coefficient (Wildman–Crippen LogP) is 5.78. The van der Waals surface area contributed by atoms with Crippen molar-refractivity contribution in [3.63, 3.8) is 0 Å². The standard InChI is InChI=1S/C32H24FN5O5/c1-3-43-29-14-11-22(16-28(29)38(41)42)30-23(19-37(35-30)25-7-5-4-6-8-25)15-26-20(2)27(17-34)32(40)36(31(26)39)18-21-9-12-24(33)13-10-21/h4-16,19H,3,18H2,1-2H3/b26-15+. The average Bonchev–Trinajstić information content (AvgIpc) is 3.43. The van der Waals surface area contributed by atoms with Crippen LogP contribution in [0.3, 0.4) is 0 Å². The van der Waals surface area contributed by atoms with Crippen LogP contribution in [0.4, 0.5) is 10.1 Å². The molecule has 10 nitrogen and oxygen atoms in total. The zero-order chi connectivity index (χ0) is 30.7. The largest absolute Gasteiger partial charge is 0.487 e. The first-order valence-corrected chi connectivity index (χ1v) is 13.2. The maximum atomic E-state index is 13.8. The molecule has 214 valence electrons. The molecule has 0 fully saturated rings. The van der Waals surface area contributed by atoms with E-state index in [2.05, 4.69) is 0 Å². The number of benzene rings is 3. The molecule has 0 radical (unpaired) electrons. The summed E-state index contributed by atoms with van der Waals surface area (Å²) in [4.78, 5) is 39.1. The Labute approximate surface area is 245 Å². The third kappa shape index (κ3) is 5.67. The maximum Gasteiger partial charge on any atom is 0.311 e. The number of hydrogen-bond acceptors (Lipinski definition) is 7. The number of nitro benzene ring substituents is 1. The molecule has 5 rings (SSSR count). The molecule has 2 heterocycles. The number of nitro groups is 1. The summed E-state index contributed by atoms with van der Waals surface area (Å²) in [5, 5.41) is 26.4. The van der Waals surface area contributed by atoms with E-state index in [4.69, 9.17) is 9.84 Å². The van der Waals surface area contributed by atoms with Crippen molar-refractivity contribution in [3.05, 3.63) is 123 Å². The molecule has 1 aliphatic heterocycles. The van der Waals surface area contributed by atoms with E-state index in [0.717, 1.165) is 4.90 Å². The number of carbonyl (C=O) groups excluding carboxylic acids is 2. The third-order valence-corrected chi connectivity index (χ3v) is 6.87. The minimum Gasteiger partial charge on any atom is -0.487 e. The molecule has 0 bridgehead atoms. The molecule has 0 aliphatic carbocycles. The summed E-state index contributed by atoms with van der Waals surface area (Å²) in [6, 6.07) is 20.9. The van der Waals surface area contributed by atoms with Crippen molar-refractivity contribution in [1.82, 2.24) is 14.7 Å². The summed E-state index contributed by atoms with van der Waals surface area (Å²) in [5.41, 5.74) is 2.13. The quantitative estimate of drug-likeness (QED) is 0.112. The number of aromatic nitrogens is 2. The van der Waals surface area contributed by atoms with Crippen LogP contribution in [0.2, 0.25) is 0 Å². The Morgan fingerprint density at radius 2 is 1.79 bits per heavy atom. The predicted molar refractivity (Wildman–Crippen MR) is 155 cm³/mol. The van der Waals surface area contributed by atoms with Gasteiger partial charge in [-0.2, -0.15) is 10.4 Å². The molecule has 2 amide bonds. The lowest BCUT2D eigenvalue weighted by molar-refractivity contribution is -0.385. The Balaban J connectivity index is 1.67. The number of hydrogen-bond donors (Lipinski definition) is 0. The monoisotopic (exact) mass is 577 g/mol. The van der Waals surface area contributed by atoms with E-state index in [9.17, 15) is 29.4 Å². The fraction of sp³-hybridized carbons (Fsp3) is 0.125. The van der Waals surface area contributed by atoms with Gasteiger partial charge in [-0.25, -0.2) is 9.07 Å². The van der Waals surface area contributed by atoms with Crippen LogP contribution in [0.5, 0.6) is 5.75 Å². The number of ether oxygens (including phenoxy) is 1. The molecule has 0 spiro atoms. The Morgan fingerprint density at radius 1 is 1.07 bits per heavy atom. The highest BCUT2D eigenvalue weighted by atomic mass is 19.1. The summed E-state index contributed by atoms with van der Waals surface area (Å²) in [5.74, 6) is -1.77. The molecule has 0 atom stereocenters. The first-order chi connectivity index (χ1) is 20.7. The smallest absolute Gasteiger partial charge is 0.311 e. The van der Waals surface area contributed by atoms with Crippen LogP contribution in [0.25, 0.3) is 23.0 Å². The van der Waals surface area contributed by atoms with Crippen molar-refractivity contribution in [1.29, 1.82) is 5.26 Å². The summed E-state index contributed by atoms with van der Waals surface area (Å²) < 4.78 is 20.5. The second-order valence-electron chi connectivity index (χ2n) is 9.58. The van der Waals surface area contributed by atoms with Gasteiger partial charge in [-0.15, -0.1) is 0 Å². The Morgan fingerprint density at radius 3 is 2.44 bits per heavy atom. The number of halogens is 1. The molecule has 0 N–H and O–H groups in total. The topological polar surface area (TPSA) is 131 Å². The normalized spacial score (nSPS) is 14.3. The second kappa shape index (κ2) is 11.9. The van der Waals surface area contributed by atoms with Crippen LogP contribution in [-0.2, 0) is 16.1 Å². The highest BCUT2D eigenvalue weighted by molar-refractivity contribution is 6.19. The molecular weight excluding hydrogens is 553 g/mol. The van der Waals surface area contributed by atoms with Gasteiger partial charge in [0.2, 0.25) is 0 Å². The number of carbonyl (C=O) groups is 2. The zero-order valence-corrected chi connectivity index (χ0v) is 23.2. The van der Waals surface area contributed by atoms with E-state index in [1.807, 2.05) is 36.4 Å². The van der Waals surface area contributed by atoms with Gasteiger partial charge in [0, 0.05) is 29.0 Å². The van der Waals surface area contributed by atoms with Crippen LogP contribution >= 0.6 is 0 Å². The molecule has 1 aliphatic rings. The summed E-state index contributed by atoms with van der Waals surface area (Å²) >= 11 is 0. The van der Waals surface area contributed by atoms with Crippen LogP contribution in [0, 0.1) is 27.3 Å². The number of nitrogens with zero attached hydrogens (tertiary/aromatic N) is 5. The average molecular weight is 578 g/mol. The van der Waals surface area contributed by atoms with Crippen LogP contribution in [0.1, 0.15) is 25.0 Å². The first-order valence-electron chi connectivity index (χ1n) is 13.2. The van der Waals surface area contributed by atoms with Gasteiger partial charge in [-0.3, -0.25) is 24.6 Å².